The molecule has 21 heavy (non-hydrogen) atoms. The zero-order valence-electron chi connectivity index (χ0n) is 11.8. The van der Waals surface area contributed by atoms with Gasteiger partial charge >= 0.3 is 0 Å². The fourth-order valence-corrected chi connectivity index (χ4v) is 3.16. The highest BCUT2D eigenvalue weighted by atomic mass is 79.9. The van der Waals surface area contributed by atoms with E-state index >= 15 is 0 Å². The largest absolute Gasteiger partial charge is 0.388 e. The molecule has 0 aliphatic carbocycles. The van der Waals surface area contributed by atoms with Gasteiger partial charge in [0.25, 0.3) is 0 Å². The molecule has 0 spiro atoms. The van der Waals surface area contributed by atoms with Gasteiger partial charge in [-0.05, 0) is 52.4 Å². The Morgan fingerprint density at radius 2 is 1.81 bits per heavy atom. The van der Waals surface area contributed by atoms with Gasteiger partial charge in [0.2, 0.25) is 0 Å². The Kier molecular flexibility index (Phi) is 4.56. The van der Waals surface area contributed by atoms with Crippen molar-refractivity contribution in [1.82, 2.24) is 4.98 Å². The number of benzene rings is 1. The van der Waals surface area contributed by atoms with Crippen LogP contribution in [-0.4, -0.2) is 23.2 Å². The smallest absolute Gasteiger partial charge is 0.128 e. The predicted molar refractivity (Wildman–Crippen MR) is 88.3 cm³/mol. The van der Waals surface area contributed by atoms with Crippen LogP contribution in [-0.2, 0) is 0 Å². The quantitative estimate of drug-likeness (QED) is 0.918. The van der Waals surface area contributed by atoms with Crippen molar-refractivity contribution in [2.24, 2.45) is 5.92 Å². The molecule has 3 nitrogen and oxygen atoms in total. The average Bonchev–Trinajstić information content (AvgIpc) is 2.56. The van der Waals surface area contributed by atoms with Gasteiger partial charge in [0.05, 0.1) is 6.10 Å². The van der Waals surface area contributed by atoms with E-state index in [0.717, 1.165) is 41.8 Å². The molecule has 1 aliphatic rings. The number of hydrogen-bond acceptors (Lipinski definition) is 3. The Morgan fingerprint density at radius 1 is 1.10 bits per heavy atom. The minimum atomic E-state index is -0.355. The molecule has 1 N–H and O–H groups in total. The van der Waals surface area contributed by atoms with E-state index in [4.69, 9.17) is 0 Å². The van der Waals surface area contributed by atoms with Crippen molar-refractivity contribution in [2.45, 2.75) is 18.9 Å². The van der Waals surface area contributed by atoms with Gasteiger partial charge in [-0.2, -0.15) is 0 Å². The predicted octanol–water partition coefficient (Wildman–Crippen LogP) is 3.79. The summed E-state index contributed by atoms with van der Waals surface area (Å²) in [7, 11) is 0. The Balaban J connectivity index is 1.61. The molecular formula is C17H19BrN2O. The number of piperidine rings is 1. The van der Waals surface area contributed by atoms with Gasteiger partial charge in [-0.1, -0.05) is 30.3 Å². The number of aliphatic hydroxyl groups excluding tert-OH is 1. The van der Waals surface area contributed by atoms with Crippen LogP contribution in [0, 0.1) is 5.92 Å². The summed E-state index contributed by atoms with van der Waals surface area (Å²) in [5, 5.41) is 10.5. The number of hydrogen-bond donors (Lipinski definition) is 1. The first-order chi connectivity index (χ1) is 10.2. The van der Waals surface area contributed by atoms with Gasteiger partial charge in [-0.25, -0.2) is 4.98 Å². The molecule has 1 saturated heterocycles. The van der Waals surface area contributed by atoms with Gasteiger partial charge < -0.3 is 10.0 Å². The molecule has 0 radical (unpaired) electrons. The van der Waals surface area contributed by atoms with Crippen LogP contribution in [0.4, 0.5) is 5.82 Å². The second-order valence-corrected chi connectivity index (χ2v) is 6.43. The standard InChI is InChI=1S/C17H19BrN2O/c18-15-6-7-16(19-12-15)20-10-8-14(9-11-20)17(21)13-4-2-1-3-5-13/h1-7,12,14,17,21H,8-11H2. The molecule has 0 bridgehead atoms. The van der Waals surface area contributed by atoms with Crippen LogP contribution in [0.25, 0.3) is 0 Å². The number of anilines is 1. The lowest BCUT2D eigenvalue weighted by Crippen LogP contribution is -2.36. The topological polar surface area (TPSA) is 36.4 Å². The summed E-state index contributed by atoms with van der Waals surface area (Å²) in [5.74, 6) is 1.35. The third kappa shape index (κ3) is 3.44. The maximum Gasteiger partial charge on any atom is 0.128 e. The highest BCUT2D eigenvalue weighted by Crippen LogP contribution is 2.31. The third-order valence-corrected chi connectivity index (χ3v) is 4.63. The number of rotatable bonds is 3. The van der Waals surface area contributed by atoms with Gasteiger partial charge in [0, 0.05) is 23.8 Å². The second kappa shape index (κ2) is 6.58. The van der Waals surface area contributed by atoms with E-state index in [1.807, 2.05) is 48.7 Å². The zero-order valence-corrected chi connectivity index (χ0v) is 13.4. The Bertz CT molecular complexity index is 565. The van der Waals surface area contributed by atoms with Crippen molar-refractivity contribution in [3.05, 3.63) is 58.7 Å². The summed E-state index contributed by atoms with van der Waals surface area (Å²) in [5.41, 5.74) is 1.03. The van der Waals surface area contributed by atoms with Crippen LogP contribution in [0.1, 0.15) is 24.5 Å². The molecule has 1 atom stereocenters. The minimum absolute atomic E-state index is 0.332. The second-order valence-electron chi connectivity index (χ2n) is 5.51. The molecule has 2 heterocycles. The SMILES string of the molecule is OC(c1ccccc1)C1CCN(c2ccc(Br)cn2)CC1. The molecule has 4 heteroatoms. The van der Waals surface area contributed by atoms with Gasteiger partial charge in [-0.15, -0.1) is 0 Å². The van der Waals surface area contributed by atoms with E-state index < -0.39 is 0 Å². The van der Waals surface area contributed by atoms with E-state index in [2.05, 4.69) is 25.8 Å². The van der Waals surface area contributed by atoms with Crippen molar-refractivity contribution < 1.29 is 5.11 Å². The molecule has 0 saturated carbocycles. The lowest BCUT2D eigenvalue weighted by molar-refractivity contribution is 0.0929. The third-order valence-electron chi connectivity index (χ3n) is 4.16. The molecule has 1 aliphatic heterocycles. The van der Waals surface area contributed by atoms with Crippen molar-refractivity contribution in [3.63, 3.8) is 0 Å². The van der Waals surface area contributed by atoms with Crippen LogP contribution in [0.15, 0.2) is 53.1 Å². The highest BCUT2D eigenvalue weighted by Gasteiger charge is 2.26. The molecule has 110 valence electrons. The van der Waals surface area contributed by atoms with E-state index in [9.17, 15) is 5.11 Å². The number of aliphatic hydroxyl groups is 1. The first-order valence-electron chi connectivity index (χ1n) is 7.33. The molecule has 2 aromatic rings. The normalized spacial score (nSPS) is 17.7. The molecule has 1 fully saturated rings. The fourth-order valence-electron chi connectivity index (χ4n) is 2.92. The first-order valence-corrected chi connectivity index (χ1v) is 8.13. The van der Waals surface area contributed by atoms with Crippen LogP contribution in [0.3, 0.4) is 0 Å². The Labute approximate surface area is 133 Å². The van der Waals surface area contributed by atoms with E-state index in [0.29, 0.717) is 5.92 Å². The van der Waals surface area contributed by atoms with Crippen molar-refractivity contribution in [1.29, 1.82) is 0 Å². The molecule has 1 aromatic carbocycles. The summed E-state index contributed by atoms with van der Waals surface area (Å²) >= 11 is 3.41. The summed E-state index contributed by atoms with van der Waals surface area (Å²) in [6, 6.07) is 14.0. The molecule has 1 unspecified atom stereocenters. The number of halogens is 1. The molecule has 1 aromatic heterocycles. The lowest BCUT2D eigenvalue weighted by Gasteiger charge is -2.35. The maximum atomic E-state index is 10.5. The van der Waals surface area contributed by atoms with Gasteiger partial charge in [0.15, 0.2) is 0 Å². The van der Waals surface area contributed by atoms with E-state index in [1.165, 1.54) is 0 Å². The summed E-state index contributed by atoms with van der Waals surface area (Å²) in [4.78, 5) is 6.74. The van der Waals surface area contributed by atoms with E-state index in [-0.39, 0.29) is 6.10 Å². The van der Waals surface area contributed by atoms with Crippen molar-refractivity contribution >= 4 is 21.7 Å². The monoisotopic (exact) mass is 346 g/mol. The molecule has 3 rings (SSSR count). The number of nitrogens with zero attached hydrogens (tertiary/aromatic N) is 2. The lowest BCUT2D eigenvalue weighted by atomic mass is 9.87. The van der Waals surface area contributed by atoms with Crippen LogP contribution in [0.2, 0.25) is 0 Å². The maximum absolute atomic E-state index is 10.5. The number of aromatic nitrogens is 1. The fraction of sp³-hybridized carbons (Fsp3) is 0.353. The van der Waals surface area contributed by atoms with Crippen molar-refractivity contribution in [3.8, 4) is 0 Å². The van der Waals surface area contributed by atoms with Gasteiger partial charge in [0.1, 0.15) is 5.82 Å². The summed E-state index contributed by atoms with van der Waals surface area (Å²) < 4.78 is 1.00. The highest BCUT2D eigenvalue weighted by molar-refractivity contribution is 9.10. The zero-order chi connectivity index (χ0) is 14.7. The van der Waals surface area contributed by atoms with Crippen LogP contribution < -0.4 is 4.90 Å². The molecular weight excluding hydrogens is 328 g/mol. The Hall–Kier alpha value is -1.39. The first kappa shape index (κ1) is 14.5. The van der Waals surface area contributed by atoms with E-state index in [1.54, 1.807) is 0 Å². The minimum Gasteiger partial charge on any atom is -0.388 e. The van der Waals surface area contributed by atoms with Crippen LogP contribution >= 0.6 is 15.9 Å². The van der Waals surface area contributed by atoms with Crippen LogP contribution in [0.5, 0.6) is 0 Å². The molecule has 0 amide bonds. The summed E-state index contributed by atoms with van der Waals surface area (Å²) in [6.45, 7) is 1.90. The summed E-state index contributed by atoms with van der Waals surface area (Å²) in [6.07, 6.45) is 3.47. The Morgan fingerprint density at radius 3 is 2.43 bits per heavy atom. The van der Waals surface area contributed by atoms with Crippen molar-refractivity contribution in [2.75, 3.05) is 18.0 Å². The number of pyridine rings is 1. The van der Waals surface area contributed by atoms with Gasteiger partial charge in [-0.3, -0.25) is 0 Å². The average molecular weight is 347 g/mol.